The minimum Gasteiger partial charge on any atom is -0.484 e. The smallest absolute Gasteiger partial charge is 0.260 e. The van der Waals surface area contributed by atoms with Crippen molar-refractivity contribution < 1.29 is 18.7 Å². The third-order valence-corrected chi connectivity index (χ3v) is 6.09. The van der Waals surface area contributed by atoms with Crippen LogP contribution in [0.2, 0.25) is 0 Å². The van der Waals surface area contributed by atoms with E-state index in [2.05, 4.69) is 31.2 Å². The lowest BCUT2D eigenvalue weighted by Gasteiger charge is -2.38. The molecule has 1 aromatic heterocycles. The highest BCUT2D eigenvalue weighted by atomic mass is 16.5. The van der Waals surface area contributed by atoms with E-state index in [0.717, 1.165) is 28.9 Å². The number of carbonyl (C=O) groups is 2. The summed E-state index contributed by atoms with van der Waals surface area (Å²) < 4.78 is 11.2. The predicted octanol–water partition coefficient (Wildman–Crippen LogP) is 4.51. The summed E-state index contributed by atoms with van der Waals surface area (Å²) in [5, 5.41) is 0. The van der Waals surface area contributed by atoms with Gasteiger partial charge in [-0.25, -0.2) is 0 Å². The Morgan fingerprint density at radius 2 is 2.00 bits per heavy atom. The summed E-state index contributed by atoms with van der Waals surface area (Å²) in [7, 11) is 1.73. The zero-order valence-electron chi connectivity index (χ0n) is 19.4. The third-order valence-electron chi connectivity index (χ3n) is 6.09. The Labute approximate surface area is 194 Å². The number of fused-ring (bicyclic) bond motifs is 1. The minimum absolute atomic E-state index is 0.0668. The van der Waals surface area contributed by atoms with Gasteiger partial charge in [-0.1, -0.05) is 42.8 Å². The molecule has 2 aromatic carbocycles. The molecule has 4 rings (SSSR count). The number of benzene rings is 2. The largest absolute Gasteiger partial charge is 0.484 e. The van der Waals surface area contributed by atoms with Gasteiger partial charge in [0.1, 0.15) is 11.5 Å². The molecule has 0 N–H and O–H groups in total. The molecule has 1 aliphatic heterocycles. The molecule has 0 saturated carbocycles. The van der Waals surface area contributed by atoms with E-state index in [1.54, 1.807) is 24.3 Å². The Bertz CT molecular complexity index is 1120. The van der Waals surface area contributed by atoms with E-state index >= 15 is 0 Å². The van der Waals surface area contributed by atoms with Gasteiger partial charge in [-0.15, -0.1) is 0 Å². The summed E-state index contributed by atoms with van der Waals surface area (Å²) >= 11 is 0. The maximum Gasteiger partial charge on any atom is 0.260 e. The van der Waals surface area contributed by atoms with Crippen molar-refractivity contribution in [2.75, 3.05) is 20.2 Å². The predicted molar refractivity (Wildman–Crippen MR) is 126 cm³/mol. The first-order valence-corrected chi connectivity index (χ1v) is 11.3. The number of nitrogens with zero attached hydrogens (tertiary/aromatic N) is 2. The molecular formula is C27H30N2O4. The molecule has 2 heterocycles. The fraction of sp³-hybridized carbons (Fsp3) is 0.333. The first-order valence-electron chi connectivity index (χ1n) is 11.3. The Kier molecular flexibility index (Phi) is 6.82. The lowest BCUT2D eigenvalue weighted by atomic mass is 9.87. The number of carbonyl (C=O) groups excluding carboxylic acids is 2. The number of likely N-dealkylation sites (N-methyl/N-ethyl adjacent to an activating group) is 1. The Hall–Kier alpha value is -3.54. The molecule has 0 fully saturated rings. The topological polar surface area (TPSA) is 63.0 Å². The SMILES string of the molecule is CCC(=O)N1CCc2ccc(OCC(=O)N(C)Cc3ccco3)cc2C1c1cccc(C)c1. The summed E-state index contributed by atoms with van der Waals surface area (Å²) in [4.78, 5) is 28.9. The van der Waals surface area contributed by atoms with Crippen LogP contribution in [-0.4, -0.2) is 41.8 Å². The number of hydrogen-bond donors (Lipinski definition) is 0. The van der Waals surface area contributed by atoms with Crippen LogP contribution in [-0.2, 0) is 22.6 Å². The lowest BCUT2D eigenvalue weighted by Crippen LogP contribution is -2.40. The Morgan fingerprint density at radius 1 is 1.15 bits per heavy atom. The molecule has 0 bridgehead atoms. The normalized spacial score (nSPS) is 15.1. The van der Waals surface area contributed by atoms with Crippen LogP contribution in [0.5, 0.6) is 5.75 Å². The van der Waals surface area contributed by atoms with Crippen LogP contribution < -0.4 is 4.74 Å². The van der Waals surface area contributed by atoms with Gasteiger partial charge in [0, 0.05) is 20.0 Å². The number of ether oxygens (including phenoxy) is 1. The fourth-order valence-electron chi connectivity index (χ4n) is 4.33. The molecule has 6 heteroatoms. The van der Waals surface area contributed by atoms with Crippen molar-refractivity contribution in [2.24, 2.45) is 0 Å². The van der Waals surface area contributed by atoms with Gasteiger partial charge in [0.2, 0.25) is 5.91 Å². The van der Waals surface area contributed by atoms with Crippen molar-refractivity contribution in [1.82, 2.24) is 9.80 Å². The van der Waals surface area contributed by atoms with Crippen molar-refractivity contribution in [3.8, 4) is 5.75 Å². The van der Waals surface area contributed by atoms with Crippen LogP contribution in [0.3, 0.4) is 0 Å². The summed E-state index contributed by atoms with van der Waals surface area (Å²) in [6.45, 7) is 4.97. The van der Waals surface area contributed by atoms with Crippen LogP contribution in [0.1, 0.15) is 47.4 Å². The number of rotatable bonds is 7. The van der Waals surface area contributed by atoms with Gasteiger partial charge >= 0.3 is 0 Å². The van der Waals surface area contributed by atoms with Gasteiger partial charge < -0.3 is 19.0 Å². The van der Waals surface area contributed by atoms with Gasteiger partial charge in [0.25, 0.3) is 5.91 Å². The number of aryl methyl sites for hydroxylation is 1. The molecule has 0 spiro atoms. The van der Waals surface area contributed by atoms with Gasteiger partial charge in [0.15, 0.2) is 6.61 Å². The van der Waals surface area contributed by atoms with Crippen LogP contribution >= 0.6 is 0 Å². The summed E-state index contributed by atoms with van der Waals surface area (Å²) in [6.07, 6.45) is 2.85. The lowest BCUT2D eigenvalue weighted by molar-refractivity contribution is -0.133. The van der Waals surface area contributed by atoms with Gasteiger partial charge in [0.05, 0.1) is 18.8 Å². The van der Waals surface area contributed by atoms with E-state index < -0.39 is 0 Å². The monoisotopic (exact) mass is 446 g/mol. The average Bonchev–Trinajstić information content (AvgIpc) is 3.34. The average molecular weight is 447 g/mol. The summed E-state index contributed by atoms with van der Waals surface area (Å²) in [5.41, 5.74) is 4.50. The number of hydrogen-bond acceptors (Lipinski definition) is 4. The van der Waals surface area contributed by atoms with Crippen LogP contribution in [0.4, 0.5) is 0 Å². The maximum absolute atomic E-state index is 12.8. The first kappa shape index (κ1) is 22.6. The Morgan fingerprint density at radius 3 is 2.73 bits per heavy atom. The molecule has 3 aromatic rings. The maximum atomic E-state index is 12.8. The van der Waals surface area contributed by atoms with E-state index in [0.29, 0.717) is 25.3 Å². The fourth-order valence-corrected chi connectivity index (χ4v) is 4.33. The third kappa shape index (κ3) is 5.11. The molecule has 1 unspecified atom stereocenters. The van der Waals surface area contributed by atoms with Gasteiger partial charge in [-0.05, 0) is 54.3 Å². The highest BCUT2D eigenvalue weighted by molar-refractivity contribution is 5.78. The summed E-state index contributed by atoms with van der Waals surface area (Å²) in [6, 6.07) is 17.7. The van der Waals surface area contributed by atoms with E-state index in [1.165, 1.54) is 5.56 Å². The molecular weight excluding hydrogens is 416 g/mol. The Balaban J connectivity index is 1.55. The second-order valence-electron chi connectivity index (χ2n) is 8.49. The number of furan rings is 1. The molecule has 2 amide bonds. The highest BCUT2D eigenvalue weighted by Crippen LogP contribution is 2.37. The van der Waals surface area contributed by atoms with Gasteiger partial charge in [-0.2, -0.15) is 0 Å². The molecule has 1 aliphatic rings. The second kappa shape index (κ2) is 9.94. The molecule has 1 atom stereocenters. The highest BCUT2D eigenvalue weighted by Gasteiger charge is 2.31. The molecule has 33 heavy (non-hydrogen) atoms. The molecule has 0 saturated heterocycles. The van der Waals surface area contributed by atoms with Crippen LogP contribution in [0.15, 0.2) is 65.3 Å². The standard InChI is InChI=1S/C27H30N2O4/c1-4-25(30)29-13-12-20-10-11-22(16-24(20)27(29)21-8-5-7-19(2)15-21)33-18-26(31)28(3)17-23-9-6-14-32-23/h5-11,14-16,27H,4,12-13,17-18H2,1-3H3. The van der Waals surface area contributed by atoms with E-state index in [9.17, 15) is 9.59 Å². The van der Waals surface area contributed by atoms with Crippen molar-refractivity contribution in [3.63, 3.8) is 0 Å². The first-order chi connectivity index (χ1) is 16.0. The van der Waals surface area contributed by atoms with Crippen molar-refractivity contribution in [1.29, 1.82) is 0 Å². The summed E-state index contributed by atoms with van der Waals surface area (Å²) in [5.74, 6) is 1.34. The van der Waals surface area contributed by atoms with Crippen LogP contribution in [0.25, 0.3) is 0 Å². The zero-order valence-corrected chi connectivity index (χ0v) is 19.4. The van der Waals surface area contributed by atoms with E-state index in [-0.39, 0.29) is 24.5 Å². The molecule has 6 nitrogen and oxygen atoms in total. The van der Waals surface area contributed by atoms with Crippen molar-refractivity contribution in [3.05, 3.63) is 88.9 Å². The van der Waals surface area contributed by atoms with Crippen LogP contribution in [0, 0.1) is 6.92 Å². The molecule has 0 radical (unpaired) electrons. The minimum atomic E-state index is -0.165. The van der Waals surface area contributed by atoms with Crippen molar-refractivity contribution >= 4 is 11.8 Å². The van der Waals surface area contributed by atoms with Gasteiger partial charge in [-0.3, -0.25) is 9.59 Å². The number of amides is 2. The molecule has 0 aliphatic carbocycles. The molecule has 172 valence electrons. The second-order valence-corrected chi connectivity index (χ2v) is 8.49. The quantitative estimate of drug-likeness (QED) is 0.536. The zero-order chi connectivity index (χ0) is 23.4. The van der Waals surface area contributed by atoms with Crippen molar-refractivity contribution in [2.45, 2.75) is 39.3 Å². The van der Waals surface area contributed by atoms with E-state index in [4.69, 9.17) is 9.15 Å². The van der Waals surface area contributed by atoms with E-state index in [1.807, 2.05) is 36.1 Å².